The van der Waals surface area contributed by atoms with E-state index in [4.69, 9.17) is 5.73 Å². The van der Waals surface area contributed by atoms with Crippen LogP contribution >= 0.6 is 0 Å². The maximum Gasteiger partial charge on any atom is 0.0317 e. The molecular weight excluding hydrogens is 208 g/mol. The van der Waals surface area contributed by atoms with Crippen LogP contribution in [0.2, 0.25) is 0 Å². The SMILES string of the molecule is Nc1ccc2c(c1)CN(C(C1CC1)C1CC1)C2. The molecule has 2 N–H and O–H groups in total. The molecule has 0 bridgehead atoms. The van der Waals surface area contributed by atoms with Crippen LogP contribution in [0.25, 0.3) is 0 Å². The van der Waals surface area contributed by atoms with Crippen molar-refractivity contribution >= 4 is 5.69 Å². The van der Waals surface area contributed by atoms with Crippen LogP contribution in [0.1, 0.15) is 36.8 Å². The molecule has 3 aliphatic rings. The summed E-state index contributed by atoms with van der Waals surface area (Å²) in [5, 5.41) is 0. The van der Waals surface area contributed by atoms with Gasteiger partial charge in [0.1, 0.15) is 0 Å². The average Bonchev–Trinajstić information content (AvgIpc) is 3.19. The first-order valence-corrected chi connectivity index (χ1v) is 6.92. The number of benzene rings is 1. The highest BCUT2D eigenvalue weighted by Gasteiger charge is 2.45. The molecule has 0 atom stereocenters. The Balaban J connectivity index is 1.58. The van der Waals surface area contributed by atoms with Gasteiger partial charge in [-0.1, -0.05) is 6.07 Å². The molecule has 2 nitrogen and oxygen atoms in total. The predicted molar refractivity (Wildman–Crippen MR) is 69.3 cm³/mol. The number of rotatable bonds is 3. The number of hydrogen-bond acceptors (Lipinski definition) is 2. The van der Waals surface area contributed by atoms with Gasteiger partial charge in [0.2, 0.25) is 0 Å². The van der Waals surface area contributed by atoms with Gasteiger partial charge in [-0.05, 0) is 60.8 Å². The second-order valence-electron chi connectivity index (χ2n) is 6.10. The molecule has 1 aliphatic heterocycles. The summed E-state index contributed by atoms with van der Waals surface area (Å²) in [4.78, 5) is 2.72. The van der Waals surface area contributed by atoms with Gasteiger partial charge in [0, 0.05) is 24.8 Å². The maximum atomic E-state index is 5.88. The number of hydrogen-bond donors (Lipinski definition) is 1. The highest BCUT2D eigenvalue weighted by molar-refractivity contribution is 5.46. The van der Waals surface area contributed by atoms with Gasteiger partial charge in [-0.15, -0.1) is 0 Å². The van der Waals surface area contributed by atoms with Gasteiger partial charge in [-0.3, -0.25) is 4.90 Å². The molecule has 2 fully saturated rings. The van der Waals surface area contributed by atoms with Crippen molar-refractivity contribution in [2.75, 3.05) is 5.73 Å². The van der Waals surface area contributed by atoms with Crippen molar-refractivity contribution in [3.05, 3.63) is 29.3 Å². The summed E-state index contributed by atoms with van der Waals surface area (Å²) in [7, 11) is 0. The van der Waals surface area contributed by atoms with Gasteiger partial charge in [-0.25, -0.2) is 0 Å². The molecule has 0 unspecified atom stereocenters. The molecule has 1 aromatic carbocycles. The van der Waals surface area contributed by atoms with Crippen molar-refractivity contribution in [3.8, 4) is 0 Å². The summed E-state index contributed by atoms with van der Waals surface area (Å²) in [6, 6.07) is 7.32. The minimum absolute atomic E-state index is 0.878. The molecule has 1 heterocycles. The first kappa shape index (κ1) is 9.95. The quantitative estimate of drug-likeness (QED) is 0.806. The van der Waals surface area contributed by atoms with Gasteiger partial charge < -0.3 is 5.73 Å². The van der Waals surface area contributed by atoms with Crippen molar-refractivity contribution in [2.45, 2.75) is 44.8 Å². The molecule has 0 saturated heterocycles. The molecule has 2 saturated carbocycles. The summed E-state index contributed by atoms with van der Waals surface area (Å²) in [6.07, 6.45) is 5.87. The van der Waals surface area contributed by atoms with Crippen molar-refractivity contribution < 1.29 is 0 Å². The smallest absolute Gasteiger partial charge is 0.0317 e. The Kier molecular flexibility index (Phi) is 2.04. The van der Waals surface area contributed by atoms with E-state index in [1.54, 1.807) is 0 Å². The molecule has 17 heavy (non-hydrogen) atoms. The molecule has 0 spiro atoms. The Morgan fingerprint density at radius 3 is 2.29 bits per heavy atom. The largest absolute Gasteiger partial charge is 0.399 e. The summed E-state index contributed by atoms with van der Waals surface area (Å²) in [5.41, 5.74) is 9.77. The summed E-state index contributed by atoms with van der Waals surface area (Å²) < 4.78 is 0. The lowest BCUT2D eigenvalue weighted by molar-refractivity contribution is 0.156. The molecule has 1 aromatic rings. The second-order valence-corrected chi connectivity index (χ2v) is 6.10. The fourth-order valence-electron chi connectivity index (χ4n) is 3.51. The molecule has 2 heteroatoms. The van der Waals surface area contributed by atoms with Gasteiger partial charge in [0.25, 0.3) is 0 Å². The first-order chi connectivity index (χ1) is 8.31. The van der Waals surface area contributed by atoms with Crippen LogP contribution in [0.3, 0.4) is 0 Å². The first-order valence-electron chi connectivity index (χ1n) is 6.92. The fourth-order valence-corrected chi connectivity index (χ4v) is 3.51. The molecule has 0 amide bonds. The molecule has 0 radical (unpaired) electrons. The zero-order valence-corrected chi connectivity index (χ0v) is 10.2. The van der Waals surface area contributed by atoms with E-state index in [1.165, 1.54) is 36.8 Å². The minimum atomic E-state index is 0.878. The Hall–Kier alpha value is -1.02. The van der Waals surface area contributed by atoms with E-state index < -0.39 is 0 Å². The van der Waals surface area contributed by atoms with Gasteiger partial charge in [0.15, 0.2) is 0 Å². The third kappa shape index (κ3) is 1.75. The number of nitrogen functional groups attached to an aromatic ring is 1. The van der Waals surface area contributed by atoms with E-state index >= 15 is 0 Å². The fraction of sp³-hybridized carbons (Fsp3) is 0.600. The predicted octanol–water partition coefficient (Wildman–Crippen LogP) is 2.77. The van der Waals surface area contributed by atoms with E-state index in [2.05, 4.69) is 17.0 Å². The minimum Gasteiger partial charge on any atom is -0.399 e. The molecule has 4 rings (SSSR count). The lowest BCUT2D eigenvalue weighted by Crippen LogP contribution is -2.34. The normalized spacial score (nSPS) is 24.3. The molecular formula is C15H20N2. The third-order valence-electron chi connectivity index (χ3n) is 4.61. The van der Waals surface area contributed by atoms with E-state index in [0.717, 1.165) is 36.7 Å². The van der Waals surface area contributed by atoms with Gasteiger partial charge in [-0.2, -0.15) is 0 Å². The van der Waals surface area contributed by atoms with E-state index in [9.17, 15) is 0 Å². The standard InChI is InChI=1S/C15H20N2/c16-14-6-5-12-8-17(9-13(12)7-14)15(10-1-2-10)11-3-4-11/h5-7,10-11,15H,1-4,8-9,16H2. The highest BCUT2D eigenvalue weighted by atomic mass is 15.2. The number of fused-ring (bicyclic) bond motifs is 1. The summed E-state index contributed by atoms with van der Waals surface area (Å²) >= 11 is 0. The molecule has 90 valence electrons. The third-order valence-corrected chi connectivity index (χ3v) is 4.61. The van der Waals surface area contributed by atoms with Crippen molar-refractivity contribution in [1.82, 2.24) is 4.90 Å². The topological polar surface area (TPSA) is 29.3 Å². The molecule has 2 aliphatic carbocycles. The Bertz CT molecular complexity index is 434. The number of nitrogens with zero attached hydrogens (tertiary/aromatic N) is 1. The van der Waals surface area contributed by atoms with Crippen LogP contribution in [0, 0.1) is 11.8 Å². The zero-order chi connectivity index (χ0) is 11.4. The number of anilines is 1. The Morgan fingerprint density at radius 1 is 1.00 bits per heavy atom. The Morgan fingerprint density at radius 2 is 1.65 bits per heavy atom. The van der Waals surface area contributed by atoms with Crippen LogP contribution in [0.4, 0.5) is 5.69 Å². The highest BCUT2D eigenvalue weighted by Crippen LogP contribution is 2.48. The van der Waals surface area contributed by atoms with Crippen LogP contribution in [0.5, 0.6) is 0 Å². The average molecular weight is 228 g/mol. The van der Waals surface area contributed by atoms with Crippen molar-refractivity contribution in [2.24, 2.45) is 11.8 Å². The summed E-state index contributed by atoms with van der Waals surface area (Å²) in [5.74, 6) is 2.02. The van der Waals surface area contributed by atoms with E-state index in [1.807, 2.05) is 6.07 Å². The molecule has 0 aromatic heterocycles. The van der Waals surface area contributed by atoms with Crippen LogP contribution in [0.15, 0.2) is 18.2 Å². The van der Waals surface area contributed by atoms with Gasteiger partial charge in [0.05, 0.1) is 0 Å². The maximum absolute atomic E-state index is 5.88. The van der Waals surface area contributed by atoms with Crippen LogP contribution < -0.4 is 5.73 Å². The number of nitrogens with two attached hydrogens (primary N) is 1. The zero-order valence-electron chi connectivity index (χ0n) is 10.2. The van der Waals surface area contributed by atoms with E-state index in [0.29, 0.717) is 0 Å². The van der Waals surface area contributed by atoms with Crippen LogP contribution in [-0.4, -0.2) is 10.9 Å². The van der Waals surface area contributed by atoms with Crippen molar-refractivity contribution in [1.29, 1.82) is 0 Å². The second kappa shape index (κ2) is 3.49. The lowest BCUT2D eigenvalue weighted by atomic mass is 10.1. The van der Waals surface area contributed by atoms with Crippen LogP contribution in [-0.2, 0) is 13.1 Å². The lowest BCUT2D eigenvalue weighted by Gasteiger charge is -2.27. The summed E-state index contributed by atoms with van der Waals surface area (Å²) in [6.45, 7) is 2.30. The van der Waals surface area contributed by atoms with E-state index in [-0.39, 0.29) is 0 Å². The Labute approximate surface area is 103 Å². The van der Waals surface area contributed by atoms with Crippen molar-refractivity contribution in [3.63, 3.8) is 0 Å². The monoisotopic (exact) mass is 228 g/mol. The van der Waals surface area contributed by atoms with Gasteiger partial charge >= 0.3 is 0 Å².